The smallest absolute Gasteiger partial charge is 0.264 e. The Kier molecular flexibility index (Phi) is 6.95. The molecule has 0 aromatic heterocycles. The number of rotatable bonds is 7. The second kappa shape index (κ2) is 7.08. The van der Waals surface area contributed by atoms with Crippen molar-refractivity contribution >= 4 is 27.8 Å². The Morgan fingerprint density at radius 3 is 2.40 bits per heavy atom. The van der Waals surface area contributed by atoms with E-state index in [4.69, 9.17) is 4.55 Å². The molecule has 0 bridgehead atoms. The molecular formula is C8H17NO4S2. The molecule has 0 saturated carbocycles. The topological polar surface area (TPSA) is 74.7 Å². The Morgan fingerprint density at radius 2 is 1.93 bits per heavy atom. The lowest BCUT2D eigenvalue weighted by Crippen LogP contribution is -2.21. The SMILES string of the molecule is CN(C)C(=O)CCSCCCS(=O)(=O)O. The molecule has 5 nitrogen and oxygen atoms in total. The van der Waals surface area contributed by atoms with Crippen molar-refractivity contribution in [2.75, 3.05) is 31.4 Å². The number of carbonyl (C=O) groups is 1. The average molecular weight is 255 g/mol. The van der Waals surface area contributed by atoms with E-state index in [0.717, 1.165) is 0 Å². The van der Waals surface area contributed by atoms with Gasteiger partial charge in [-0.05, 0) is 12.2 Å². The molecule has 90 valence electrons. The Hall–Kier alpha value is -0.270. The highest BCUT2D eigenvalue weighted by Gasteiger charge is 2.05. The quantitative estimate of drug-likeness (QED) is 0.529. The fourth-order valence-corrected chi connectivity index (χ4v) is 2.39. The van der Waals surface area contributed by atoms with Gasteiger partial charge in [-0.25, -0.2) is 0 Å². The van der Waals surface area contributed by atoms with Gasteiger partial charge in [-0.2, -0.15) is 20.2 Å². The molecule has 0 fully saturated rings. The predicted molar refractivity (Wildman–Crippen MR) is 61.7 cm³/mol. The summed E-state index contributed by atoms with van der Waals surface area (Å²) in [5.74, 6) is 1.18. The largest absolute Gasteiger partial charge is 0.349 e. The van der Waals surface area contributed by atoms with Gasteiger partial charge in [-0.15, -0.1) is 0 Å². The van der Waals surface area contributed by atoms with E-state index in [0.29, 0.717) is 24.3 Å². The summed E-state index contributed by atoms with van der Waals surface area (Å²) in [6.45, 7) is 0. The highest BCUT2D eigenvalue weighted by atomic mass is 32.2. The van der Waals surface area contributed by atoms with Gasteiger partial charge in [0, 0.05) is 26.3 Å². The molecule has 0 spiro atoms. The van der Waals surface area contributed by atoms with Crippen LogP contribution in [0.3, 0.4) is 0 Å². The van der Waals surface area contributed by atoms with Crippen LogP contribution in [0, 0.1) is 0 Å². The first-order chi connectivity index (χ1) is 6.83. The number of carbonyl (C=O) groups excluding carboxylic acids is 1. The van der Waals surface area contributed by atoms with Crippen LogP contribution in [-0.2, 0) is 14.9 Å². The summed E-state index contributed by atoms with van der Waals surface area (Å²) in [5.41, 5.74) is 0. The van der Waals surface area contributed by atoms with Crippen LogP contribution in [0.4, 0.5) is 0 Å². The molecule has 0 aliphatic rings. The second-order valence-corrected chi connectivity index (χ2v) is 6.09. The Bertz CT molecular complexity index is 287. The average Bonchev–Trinajstić information content (AvgIpc) is 2.08. The normalized spacial score (nSPS) is 11.4. The monoisotopic (exact) mass is 255 g/mol. The molecule has 1 amide bonds. The maximum atomic E-state index is 11.1. The van der Waals surface area contributed by atoms with E-state index in [2.05, 4.69) is 0 Å². The van der Waals surface area contributed by atoms with E-state index in [1.807, 2.05) is 0 Å². The van der Waals surface area contributed by atoms with Crippen molar-refractivity contribution in [2.45, 2.75) is 12.8 Å². The third-order valence-corrected chi connectivity index (χ3v) is 3.52. The van der Waals surface area contributed by atoms with Crippen LogP contribution in [0.2, 0.25) is 0 Å². The summed E-state index contributed by atoms with van der Waals surface area (Å²) >= 11 is 1.52. The molecule has 0 saturated heterocycles. The lowest BCUT2D eigenvalue weighted by atomic mass is 10.4. The lowest BCUT2D eigenvalue weighted by molar-refractivity contribution is -0.128. The summed E-state index contributed by atoms with van der Waals surface area (Å²) in [4.78, 5) is 12.6. The highest BCUT2D eigenvalue weighted by Crippen LogP contribution is 2.06. The zero-order valence-corrected chi connectivity index (χ0v) is 10.6. The molecular weight excluding hydrogens is 238 g/mol. The van der Waals surface area contributed by atoms with Gasteiger partial charge in [0.1, 0.15) is 0 Å². The number of nitrogens with zero attached hydrogens (tertiary/aromatic N) is 1. The Balaban J connectivity index is 3.37. The molecule has 0 atom stereocenters. The minimum Gasteiger partial charge on any atom is -0.349 e. The summed E-state index contributed by atoms with van der Waals surface area (Å²) < 4.78 is 29.1. The van der Waals surface area contributed by atoms with Crippen molar-refractivity contribution in [3.05, 3.63) is 0 Å². The van der Waals surface area contributed by atoms with Gasteiger partial charge in [0.15, 0.2) is 0 Å². The van der Waals surface area contributed by atoms with Gasteiger partial charge in [0.05, 0.1) is 5.75 Å². The first-order valence-electron chi connectivity index (χ1n) is 4.56. The van der Waals surface area contributed by atoms with Crippen LogP contribution >= 0.6 is 11.8 Å². The van der Waals surface area contributed by atoms with E-state index < -0.39 is 10.1 Å². The van der Waals surface area contributed by atoms with Gasteiger partial charge in [0.2, 0.25) is 5.91 Å². The van der Waals surface area contributed by atoms with Crippen molar-refractivity contribution in [1.82, 2.24) is 4.90 Å². The summed E-state index contributed by atoms with van der Waals surface area (Å²) in [5, 5.41) is 0. The molecule has 0 heterocycles. The number of amides is 1. The Labute approximate surface area is 95.0 Å². The van der Waals surface area contributed by atoms with Crippen LogP contribution in [0.15, 0.2) is 0 Å². The highest BCUT2D eigenvalue weighted by molar-refractivity contribution is 7.99. The number of thioether (sulfide) groups is 1. The van der Waals surface area contributed by atoms with Crippen molar-refractivity contribution < 1.29 is 17.8 Å². The van der Waals surface area contributed by atoms with Crippen molar-refractivity contribution in [2.24, 2.45) is 0 Å². The molecule has 0 aromatic carbocycles. The number of hydrogen-bond donors (Lipinski definition) is 1. The molecule has 15 heavy (non-hydrogen) atoms. The fraction of sp³-hybridized carbons (Fsp3) is 0.875. The molecule has 0 aromatic rings. The van der Waals surface area contributed by atoms with Gasteiger partial charge >= 0.3 is 0 Å². The summed E-state index contributed by atoms with van der Waals surface area (Å²) in [6, 6.07) is 0. The van der Waals surface area contributed by atoms with Crippen molar-refractivity contribution in [3.8, 4) is 0 Å². The first-order valence-corrected chi connectivity index (χ1v) is 7.32. The zero-order valence-electron chi connectivity index (χ0n) is 8.97. The van der Waals surface area contributed by atoms with Gasteiger partial charge < -0.3 is 4.90 Å². The third kappa shape index (κ3) is 10.0. The molecule has 7 heteroatoms. The first kappa shape index (κ1) is 14.7. The molecule has 0 unspecified atom stereocenters. The van der Waals surface area contributed by atoms with Crippen LogP contribution in [0.1, 0.15) is 12.8 Å². The maximum absolute atomic E-state index is 11.1. The lowest BCUT2D eigenvalue weighted by Gasteiger charge is -2.09. The molecule has 0 aliphatic carbocycles. The summed E-state index contributed by atoms with van der Waals surface area (Å²) in [6.07, 6.45) is 0.878. The molecule has 0 rings (SSSR count). The fourth-order valence-electron chi connectivity index (χ4n) is 0.829. The standard InChI is InChI=1S/C8H17NO4S2/c1-9(2)8(10)4-6-14-5-3-7-15(11,12)13/h3-7H2,1-2H3,(H,11,12,13). The van der Waals surface area contributed by atoms with Crippen LogP contribution in [0.5, 0.6) is 0 Å². The van der Waals surface area contributed by atoms with Gasteiger partial charge in [0.25, 0.3) is 10.1 Å². The minimum absolute atomic E-state index is 0.0669. The maximum Gasteiger partial charge on any atom is 0.264 e. The van der Waals surface area contributed by atoms with E-state index in [1.54, 1.807) is 14.1 Å². The van der Waals surface area contributed by atoms with E-state index in [9.17, 15) is 13.2 Å². The Morgan fingerprint density at radius 1 is 1.33 bits per heavy atom. The molecule has 0 aliphatic heterocycles. The van der Waals surface area contributed by atoms with Crippen LogP contribution in [-0.4, -0.2) is 55.1 Å². The number of hydrogen-bond acceptors (Lipinski definition) is 4. The second-order valence-electron chi connectivity index (χ2n) is 3.29. The van der Waals surface area contributed by atoms with Crippen LogP contribution in [0.25, 0.3) is 0 Å². The van der Waals surface area contributed by atoms with Gasteiger partial charge in [-0.3, -0.25) is 9.35 Å². The van der Waals surface area contributed by atoms with E-state index in [-0.39, 0.29) is 11.7 Å². The molecule has 0 radical (unpaired) electrons. The minimum atomic E-state index is -3.83. The van der Waals surface area contributed by atoms with Gasteiger partial charge in [-0.1, -0.05) is 0 Å². The van der Waals surface area contributed by atoms with E-state index in [1.165, 1.54) is 16.7 Å². The molecule has 1 N–H and O–H groups in total. The third-order valence-electron chi connectivity index (χ3n) is 1.65. The van der Waals surface area contributed by atoms with Crippen molar-refractivity contribution in [3.63, 3.8) is 0 Å². The van der Waals surface area contributed by atoms with Crippen LogP contribution < -0.4 is 0 Å². The predicted octanol–water partition coefficient (Wildman–Crippen LogP) is 0.476. The zero-order chi connectivity index (χ0) is 11.9. The van der Waals surface area contributed by atoms with Crippen molar-refractivity contribution in [1.29, 1.82) is 0 Å². The summed E-state index contributed by atoms with van der Waals surface area (Å²) in [7, 11) is -0.430. The van der Waals surface area contributed by atoms with E-state index >= 15 is 0 Å².